The Morgan fingerprint density at radius 3 is 2.86 bits per heavy atom. The van der Waals surface area contributed by atoms with Gasteiger partial charge < -0.3 is 19.0 Å². The molecule has 1 aliphatic heterocycles. The fourth-order valence-electron chi connectivity index (χ4n) is 3.23. The molecule has 0 aliphatic carbocycles. The van der Waals surface area contributed by atoms with Crippen LogP contribution in [0.1, 0.15) is 17.0 Å². The summed E-state index contributed by atoms with van der Waals surface area (Å²) in [7, 11) is 0. The van der Waals surface area contributed by atoms with E-state index in [1.807, 2.05) is 55.5 Å². The Labute approximate surface area is 162 Å². The number of ether oxygens (including phenoxy) is 2. The largest absolute Gasteiger partial charge is 0.493 e. The van der Waals surface area contributed by atoms with Gasteiger partial charge in [0.25, 0.3) is 0 Å². The van der Waals surface area contributed by atoms with E-state index in [0.717, 1.165) is 22.6 Å². The van der Waals surface area contributed by atoms with Crippen LogP contribution in [0.3, 0.4) is 0 Å². The van der Waals surface area contributed by atoms with Crippen molar-refractivity contribution >= 4 is 5.97 Å². The fourth-order valence-corrected chi connectivity index (χ4v) is 3.23. The lowest BCUT2D eigenvalue weighted by Gasteiger charge is -2.23. The van der Waals surface area contributed by atoms with Crippen LogP contribution in [0.5, 0.6) is 11.5 Å². The number of aromatic nitrogens is 1. The van der Waals surface area contributed by atoms with Crippen LogP contribution in [0.4, 0.5) is 0 Å². The van der Waals surface area contributed by atoms with Crippen LogP contribution in [0.2, 0.25) is 0 Å². The molecule has 28 heavy (non-hydrogen) atoms. The maximum absolute atomic E-state index is 11.1. The van der Waals surface area contributed by atoms with Gasteiger partial charge >= 0.3 is 5.97 Å². The SMILES string of the molecule is Cc1oc(-c2ccccc2)nc1CCOc1ccc2c(c1)OCC(C(=O)O)C2. The molecule has 0 saturated carbocycles. The third-order valence-electron chi connectivity index (χ3n) is 4.82. The molecule has 0 spiro atoms. The molecule has 3 aromatic rings. The molecule has 1 atom stereocenters. The first-order valence-corrected chi connectivity index (χ1v) is 9.23. The van der Waals surface area contributed by atoms with Crippen LogP contribution in [0.25, 0.3) is 11.5 Å². The van der Waals surface area contributed by atoms with Gasteiger partial charge in [0.2, 0.25) is 5.89 Å². The third kappa shape index (κ3) is 3.86. The minimum atomic E-state index is -0.830. The number of aliphatic carboxylic acids is 1. The number of fused-ring (bicyclic) bond motifs is 1. The highest BCUT2D eigenvalue weighted by Gasteiger charge is 2.25. The quantitative estimate of drug-likeness (QED) is 0.699. The number of carboxylic acid groups (broad SMARTS) is 1. The molecule has 0 amide bonds. The highest BCUT2D eigenvalue weighted by molar-refractivity contribution is 5.71. The van der Waals surface area contributed by atoms with Crippen molar-refractivity contribution in [1.82, 2.24) is 4.98 Å². The second kappa shape index (κ2) is 7.76. The fraction of sp³-hybridized carbons (Fsp3) is 0.273. The molecular weight excluding hydrogens is 358 g/mol. The number of hydrogen-bond donors (Lipinski definition) is 1. The molecule has 2 heterocycles. The van der Waals surface area contributed by atoms with Gasteiger partial charge in [-0.3, -0.25) is 4.79 Å². The molecule has 0 bridgehead atoms. The molecule has 144 valence electrons. The average Bonchev–Trinajstić information content (AvgIpc) is 3.09. The summed E-state index contributed by atoms with van der Waals surface area (Å²) >= 11 is 0. The monoisotopic (exact) mass is 379 g/mol. The van der Waals surface area contributed by atoms with E-state index in [-0.39, 0.29) is 6.61 Å². The third-order valence-corrected chi connectivity index (χ3v) is 4.82. The first kappa shape index (κ1) is 18.1. The summed E-state index contributed by atoms with van der Waals surface area (Å²) in [5.74, 6) is 1.46. The molecule has 1 aliphatic rings. The van der Waals surface area contributed by atoms with Gasteiger partial charge in [-0.15, -0.1) is 0 Å². The van der Waals surface area contributed by atoms with E-state index in [1.165, 1.54) is 0 Å². The lowest BCUT2D eigenvalue weighted by Crippen LogP contribution is -2.27. The van der Waals surface area contributed by atoms with E-state index in [0.29, 0.717) is 36.8 Å². The topological polar surface area (TPSA) is 81.8 Å². The normalized spacial score (nSPS) is 15.5. The number of oxazole rings is 1. The van der Waals surface area contributed by atoms with Crippen molar-refractivity contribution in [2.45, 2.75) is 19.8 Å². The van der Waals surface area contributed by atoms with E-state index in [1.54, 1.807) is 0 Å². The smallest absolute Gasteiger partial charge is 0.310 e. The van der Waals surface area contributed by atoms with Gasteiger partial charge in [0, 0.05) is 18.1 Å². The predicted octanol–water partition coefficient (Wildman–Crippen LogP) is 3.91. The number of carboxylic acids is 1. The maximum Gasteiger partial charge on any atom is 0.310 e. The zero-order valence-corrected chi connectivity index (χ0v) is 15.6. The predicted molar refractivity (Wildman–Crippen MR) is 103 cm³/mol. The number of aryl methyl sites for hydroxylation is 1. The molecule has 2 aromatic carbocycles. The summed E-state index contributed by atoms with van der Waals surface area (Å²) in [5.41, 5.74) is 2.72. The molecule has 6 heteroatoms. The minimum absolute atomic E-state index is 0.187. The van der Waals surface area contributed by atoms with Gasteiger partial charge in [0.1, 0.15) is 23.9 Å². The van der Waals surface area contributed by atoms with E-state index >= 15 is 0 Å². The van der Waals surface area contributed by atoms with Crippen molar-refractivity contribution < 1.29 is 23.8 Å². The van der Waals surface area contributed by atoms with Gasteiger partial charge in [-0.2, -0.15) is 0 Å². The Hall–Kier alpha value is -3.28. The lowest BCUT2D eigenvalue weighted by atomic mass is 9.97. The average molecular weight is 379 g/mol. The van der Waals surface area contributed by atoms with Crippen LogP contribution < -0.4 is 9.47 Å². The van der Waals surface area contributed by atoms with Gasteiger partial charge in [-0.1, -0.05) is 24.3 Å². The number of carbonyl (C=O) groups is 1. The van der Waals surface area contributed by atoms with Crippen molar-refractivity contribution in [3.05, 3.63) is 65.5 Å². The van der Waals surface area contributed by atoms with Crippen molar-refractivity contribution in [2.24, 2.45) is 5.92 Å². The number of nitrogens with zero attached hydrogens (tertiary/aromatic N) is 1. The van der Waals surface area contributed by atoms with Gasteiger partial charge in [-0.25, -0.2) is 4.98 Å². The Balaban J connectivity index is 1.37. The van der Waals surface area contributed by atoms with Crippen molar-refractivity contribution in [3.63, 3.8) is 0 Å². The molecule has 6 nitrogen and oxygen atoms in total. The van der Waals surface area contributed by atoms with Crippen molar-refractivity contribution in [3.8, 4) is 23.0 Å². The summed E-state index contributed by atoms with van der Waals surface area (Å²) in [6.45, 7) is 2.55. The molecule has 1 N–H and O–H groups in total. The molecule has 0 radical (unpaired) electrons. The standard InChI is InChI=1S/C22H21NO5/c1-14-19(23-21(28-14)15-5-3-2-4-6-15)9-10-26-18-8-7-16-11-17(22(24)25)13-27-20(16)12-18/h2-8,12,17H,9-11,13H2,1H3,(H,24,25). The van der Waals surface area contributed by atoms with E-state index < -0.39 is 11.9 Å². The molecule has 4 rings (SSSR count). The highest BCUT2D eigenvalue weighted by atomic mass is 16.5. The Kier molecular flexibility index (Phi) is 5.02. The van der Waals surface area contributed by atoms with Crippen molar-refractivity contribution in [2.75, 3.05) is 13.2 Å². The van der Waals surface area contributed by atoms with E-state index in [9.17, 15) is 4.79 Å². The van der Waals surface area contributed by atoms with Crippen molar-refractivity contribution in [1.29, 1.82) is 0 Å². The number of hydrogen-bond acceptors (Lipinski definition) is 5. The minimum Gasteiger partial charge on any atom is -0.493 e. The summed E-state index contributed by atoms with van der Waals surface area (Å²) in [6, 6.07) is 15.3. The summed E-state index contributed by atoms with van der Waals surface area (Å²) < 4.78 is 17.2. The highest BCUT2D eigenvalue weighted by Crippen LogP contribution is 2.31. The van der Waals surface area contributed by atoms with E-state index in [4.69, 9.17) is 19.0 Å². The second-order valence-corrected chi connectivity index (χ2v) is 6.81. The molecular formula is C22H21NO5. The first-order chi connectivity index (χ1) is 13.6. The molecule has 1 aromatic heterocycles. The second-order valence-electron chi connectivity index (χ2n) is 6.81. The Morgan fingerprint density at radius 2 is 2.07 bits per heavy atom. The summed E-state index contributed by atoms with van der Waals surface area (Å²) in [5, 5.41) is 9.12. The maximum atomic E-state index is 11.1. The van der Waals surface area contributed by atoms with Gasteiger partial charge in [-0.05, 0) is 37.1 Å². The molecule has 0 saturated heterocycles. The Morgan fingerprint density at radius 1 is 1.25 bits per heavy atom. The molecule has 0 fully saturated rings. The Bertz CT molecular complexity index is 980. The lowest BCUT2D eigenvalue weighted by molar-refractivity contribution is -0.143. The van der Waals surface area contributed by atoms with Crippen LogP contribution in [-0.2, 0) is 17.6 Å². The van der Waals surface area contributed by atoms with Crippen LogP contribution in [0, 0.1) is 12.8 Å². The van der Waals surface area contributed by atoms with Crippen LogP contribution in [0.15, 0.2) is 52.9 Å². The zero-order valence-electron chi connectivity index (χ0n) is 15.6. The first-order valence-electron chi connectivity index (χ1n) is 9.23. The van der Waals surface area contributed by atoms with Crippen LogP contribution in [-0.4, -0.2) is 29.3 Å². The van der Waals surface area contributed by atoms with Gasteiger partial charge in [0.15, 0.2) is 0 Å². The van der Waals surface area contributed by atoms with Gasteiger partial charge in [0.05, 0.1) is 18.2 Å². The summed E-state index contributed by atoms with van der Waals surface area (Å²) in [6.07, 6.45) is 1.10. The van der Waals surface area contributed by atoms with E-state index in [2.05, 4.69) is 4.98 Å². The number of rotatable bonds is 6. The zero-order chi connectivity index (χ0) is 19.5. The molecule has 1 unspecified atom stereocenters. The summed E-state index contributed by atoms with van der Waals surface area (Å²) in [4.78, 5) is 15.7. The van der Waals surface area contributed by atoms with Crippen LogP contribution >= 0.6 is 0 Å². The number of benzene rings is 2.